The fourth-order valence-electron chi connectivity index (χ4n) is 1.43. The molecule has 0 heterocycles. The van der Waals surface area contributed by atoms with Crippen LogP contribution < -0.4 is 0 Å². The lowest BCUT2D eigenvalue weighted by atomic mass is 10.1. The van der Waals surface area contributed by atoms with Crippen molar-refractivity contribution in [3.05, 3.63) is 37.8 Å². The molecule has 0 atom stereocenters. The summed E-state index contributed by atoms with van der Waals surface area (Å²) in [5.41, 5.74) is 1.03. The summed E-state index contributed by atoms with van der Waals surface area (Å²) < 4.78 is 5.52. The summed E-state index contributed by atoms with van der Waals surface area (Å²) in [6, 6.07) is 3.04. The molecule has 0 aliphatic carbocycles. The highest BCUT2D eigenvalue weighted by Gasteiger charge is 2.19. The highest BCUT2D eigenvalue weighted by atomic mass is 79.9. The molecule has 7 heteroatoms. The van der Waals surface area contributed by atoms with Crippen LogP contribution in [0.4, 0.5) is 5.69 Å². The zero-order valence-electron chi connectivity index (χ0n) is 9.61. The van der Waals surface area contributed by atoms with E-state index in [0.717, 1.165) is 10.0 Å². The van der Waals surface area contributed by atoms with Crippen LogP contribution in [0.2, 0.25) is 0 Å². The molecule has 1 rings (SSSR count). The van der Waals surface area contributed by atoms with Gasteiger partial charge in [0.1, 0.15) is 0 Å². The number of esters is 1. The summed E-state index contributed by atoms with van der Waals surface area (Å²) in [5, 5.41) is 11.5. The monoisotopic (exact) mass is 379 g/mol. The second-order valence-corrected chi connectivity index (χ2v) is 4.86. The first-order chi connectivity index (χ1) is 8.49. The van der Waals surface area contributed by atoms with E-state index in [0.29, 0.717) is 10.9 Å². The topological polar surface area (TPSA) is 69.4 Å². The second-order valence-electron chi connectivity index (χ2n) is 3.44. The number of nitrogens with zero attached hydrogens (tertiary/aromatic N) is 1. The van der Waals surface area contributed by atoms with Crippen LogP contribution in [-0.4, -0.2) is 17.5 Å². The minimum atomic E-state index is -0.493. The third-order valence-corrected chi connectivity index (χ3v) is 3.57. The molecule has 5 nitrogen and oxygen atoms in total. The first kappa shape index (κ1) is 15.1. The molecule has 0 amide bonds. The third kappa shape index (κ3) is 3.78. The molecule has 0 saturated carbocycles. The molecule has 0 radical (unpaired) electrons. The maximum Gasteiger partial charge on any atom is 0.310 e. The summed E-state index contributed by atoms with van der Waals surface area (Å²) in [4.78, 5) is 21.9. The predicted molar refractivity (Wildman–Crippen MR) is 73.8 cm³/mol. The molecule has 0 spiro atoms. The number of ether oxygens (including phenoxy) is 1. The van der Waals surface area contributed by atoms with Gasteiger partial charge in [-0.3, -0.25) is 14.9 Å². The minimum absolute atomic E-state index is 0.0688. The Bertz CT molecular complexity index is 476. The van der Waals surface area contributed by atoms with Crippen molar-refractivity contribution in [2.45, 2.75) is 18.7 Å². The zero-order chi connectivity index (χ0) is 13.7. The molecule has 0 aromatic heterocycles. The van der Waals surface area contributed by atoms with E-state index in [2.05, 4.69) is 31.9 Å². The normalized spacial score (nSPS) is 10.2. The lowest BCUT2D eigenvalue weighted by Gasteiger charge is -2.07. The van der Waals surface area contributed by atoms with Gasteiger partial charge in [0, 0.05) is 21.4 Å². The van der Waals surface area contributed by atoms with Crippen LogP contribution in [0, 0.1) is 10.1 Å². The van der Waals surface area contributed by atoms with Gasteiger partial charge in [-0.25, -0.2) is 0 Å². The van der Waals surface area contributed by atoms with E-state index < -0.39 is 10.9 Å². The molecule has 0 bridgehead atoms. The average molecular weight is 381 g/mol. The molecule has 1 aromatic carbocycles. The summed E-state index contributed by atoms with van der Waals surface area (Å²) in [5.74, 6) is -0.473. The van der Waals surface area contributed by atoms with E-state index in [9.17, 15) is 14.9 Å². The van der Waals surface area contributed by atoms with Crippen molar-refractivity contribution in [2.75, 3.05) is 6.61 Å². The number of hydrogen-bond acceptors (Lipinski definition) is 4. The second kappa shape index (κ2) is 6.84. The first-order valence-electron chi connectivity index (χ1n) is 5.16. The lowest BCUT2D eigenvalue weighted by molar-refractivity contribution is -0.385. The Labute approximate surface area is 121 Å². The number of nitro groups is 1. The molecule has 0 aliphatic rings. The molecule has 0 unspecified atom stereocenters. The maximum absolute atomic E-state index is 11.4. The van der Waals surface area contributed by atoms with Gasteiger partial charge in [0.15, 0.2) is 0 Å². The van der Waals surface area contributed by atoms with Crippen LogP contribution in [0.1, 0.15) is 18.1 Å². The quantitative estimate of drug-likeness (QED) is 0.340. The predicted octanol–water partition coefficient (Wildman–Crippen LogP) is 3.36. The van der Waals surface area contributed by atoms with Crippen LogP contribution in [0.3, 0.4) is 0 Å². The van der Waals surface area contributed by atoms with E-state index in [1.165, 1.54) is 6.07 Å². The minimum Gasteiger partial charge on any atom is -0.466 e. The van der Waals surface area contributed by atoms with Crippen LogP contribution in [0.25, 0.3) is 0 Å². The smallest absolute Gasteiger partial charge is 0.310 e. The highest BCUT2D eigenvalue weighted by Crippen LogP contribution is 2.29. The van der Waals surface area contributed by atoms with Crippen LogP contribution in [0.15, 0.2) is 16.6 Å². The lowest BCUT2D eigenvalue weighted by Crippen LogP contribution is -2.09. The number of carbonyl (C=O) groups is 1. The van der Waals surface area contributed by atoms with Gasteiger partial charge in [-0.1, -0.05) is 31.9 Å². The van der Waals surface area contributed by atoms with E-state index in [1.54, 1.807) is 13.0 Å². The Morgan fingerprint density at radius 1 is 1.44 bits per heavy atom. The Morgan fingerprint density at radius 2 is 2.11 bits per heavy atom. The molecule has 0 N–H and O–H groups in total. The van der Waals surface area contributed by atoms with Crippen molar-refractivity contribution < 1.29 is 14.5 Å². The number of benzene rings is 1. The van der Waals surface area contributed by atoms with Crippen molar-refractivity contribution in [1.29, 1.82) is 0 Å². The molecule has 0 fully saturated rings. The third-order valence-electron chi connectivity index (χ3n) is 2.23. The van der Waals surface area contributed by atoms with Crippen LogP contribution >= 0.6 is 31.9 Å². The van der Waals surface area contributed by atoms with Crippen molar-refractivity contribution in [3.8, 4) is 0 Å². The van der Waals surface area contributed by atoms with Gasteiger partial charge in [0.25, 0.3) is 5.69 Å². The van der Waals surface area contributed by atoms with E-state index >= 15 is 0 Å². The van der Waals surface area contributed by atoms with E-state index in [1.807, 2.05) is 0 Å². The van der Waals surface area contributed by atoms with Crippen LogP contribution in [-0.2, 0) is 21.3 Å². The van der Waals surface area contributed by atoms with Crippen LogP contribution in [0.5, 0.6) is 0 Å². The van der Waals surface area contributed by atoms with Crippen molar-refractivity contribution in [2.24, 2.45) is 0 Å². The van der Waals surface area contributed by atoms with Gasteiger partial charge in [-0.2, -0.15) is 0 Å². The van der Waals surface area contributed by atoms with Gasteiger partial charge in [0.05, 0.1) is 18.0 Å². The summed E-state index contributed by atoms with van der Waals surface area (Å²) in [6.07, 6.45) is -0.106. The van der Waals surface area contributed by atoms with Gasteiger partial charge >= 0.3 is 5.97 Å². The molecule has 98 valence electrons. The Balaban J connectivity index is 3.13. The first-order valence-corrected chi connectivity index (χ1v) is 7.08. The number of carbonyl (C=O) groups excluding carboxylic acids is 1. The number of nitro benzene ring substituents is 1. The standard InChI is InChI=1S/C11H11Br2NO4/c1-2-18-11(15)5-7-3-9(13)8(6-12)4-10(7)14(16)17/h3-4H,2,5-6H2,1H3. The molecular formula is C11H11Br2NO4. The van der Waals surface area contributed by atoms with Gasteiger partial charge in [-0.05, 0) is 18.6 Å². The zero-order valence-corrected chi connectivity index (χ0v) is 12.8. The van der Waals surface area contributed by atoms with Crippen molar-refractivity contribution >= 4 is 43.5 Å². The van der Waals surface area contributed by atoms with Gasteiger partial charge in [0.2, 0.25) is 0 Å². The highest BCUT2D eigenvalue weighted by molar-refractivity contribution is 9.10. The van der Waals surface area contributed by atoms with Gasteiger partial charge in [-0.15, -0.1) is 0 Å². The molecule has 0 saturated heterocycles. The summed E-state index contributed by atoms with van der Waals surface area (Å²) in [7, 11) is 0. The molecule has 0 aliphatic heterocycles. The molecular weight excluding hydrogens is 370 g/mol. The van der Waals surface area contributed by atoms with Gasteiger partial charge < -0.3 is 4.74 Å². The number of hydrogen-bond donors (Lipinski definition) is 0. The number of alkyl halides is 1. The average Bonchev–Trinajstić information content (AvgIpc) is 2.29. The summed E-state index contributed by atoms with van der Waals surface area (Å²) >= 11 is 6.56. The summed E-state index contributed by atoms with van der Waals surface area (Å²) in [6.45, 7) is 1.95. The van der Waals surface area contributed by atoms with E-state index in [-0.39, 0.29) is 18.7 Å². The number of rotatable bonds is 5. The molecule has 18 heavy (non-hydrogen) atoms. The molecule has 1 aromatic rings. The fourth-order valence-corrected chi connectivity index (χ4v) is 2.80. The Morgan fingerprint density at radius 3 is 2.61 bits per heavy atom. The number of halogens is 2. The van der Waals surface area contributed by atoms with E-state index in [4.69, 9.17) is 4.74 Å². The maximum atomic E-state index is 11.4. The van der Waals surface area contributed by atoms with Crippen molar-refractivity contribution in [3.63, 3.8) is 0 Å². The Hall–Kier alpha value is -0.950. The van der Waals surface area contributed by atoms with Crippen molar-refractivity contribution in [1.82, 2.24) is 0 Å². The SMILES string of the molecule is CCOC(=O)Cc1cc(Br)c(CBr)cc1[N+](=O)[O-]. The Kier molecular flexibility index (Phi) is 5.74. The fraction of sp³-hybridized carbons (Fsp3) is 0.364. The largest absolute Gasteiger partial charge is 0.466 e.